The molecule has 1 aliphatic heterocycles. The number of rotatable bonds is 14. The van der Waals surface area contributed by atoms with Crippen molar-refractivity contribution in [2.45, 2.75) is 26.5 Å². The Labute approximate surface area is 303 Å². The minimum Gasteiger partial charge on any atom is -0.493 e. The van der Waals surface area contributed by atoms with E-state index in [1.54, 1.807) is 48.7 Å². The Morgan fingerprint density at radius 2 is 1.49 bits per heavy atom. The van der Waals surface area contributed by atoms with Crippen molar-refractivity contribution in [3.63, 3.8) is 0 Å². The maximum absolute atomic E-state index is 13.4. The van der Waals surface area contributed by atoms with Crippen molar-refractivity contribution < 1.29 is 27.8 Å². The van der Waals surface area contributed by atoms with Crippen molar-refractivity contribution in [1.82, 2.24) is 14.8 Å². The highest BCUT2D eigenvalue weighted by Gasteiger charge is 2.21. The van der Waals surface area contributed by atoms with Crippen LogP contribution in [0.5, 0.6) is 23.1 Å². The molecule has 0 unspecified atom stereocenters. The second-order valence-corrected chi connectivity index (χ2v) is 12.1. The molecule has 0 aliphatic carbocycles. The fourth-order valence-electron chi connectivity index (χ4n) is 5.88. The third-order valence-corrected chi connectivity index (χ3v) is 8.54. The van der Waals surface area contributed by atoms with Crippen LogP contribution in [0.1, 0.15) is 27.8 Å². The lowest BCUT2D eigenvalue weighted by atomic mass is 10.0. The summed E-state index contributed by atoms with van der Waals surface area (Å²) >= 11 is 0. The third kappa shape index (κ3) is 10.6. The SMILES string of the molecule is Cc1cc(Oc2ccc(OCc3cccc(F)c3)cn2)ccc1/C(=C\C=O)N1CCN(Cc2ccc(CCOc3ccc(F)cc3)cc2)CC1.Cl. The first-order chi connectivity index (χ1) is 24.4. The maximum Gasteiger partial charge on any atom is 0.219 e. The van der Waals surface area contributed by atoms with Gasteiger partial charge >= 0.3 is 0 Å². The normalized spacial score (nSPS) is 13.3. The fraction of sp³-hybridized carbons (Fsp3) is 0.220. The highest BCUT2D eigenvalue weighted by atomic mass is 35.5. The van der Waals surface area contributed by atoms with Crippen molar-refractivity contribution in [3.05, 3.63) is 155 Å². The number of piperazine rings is 1. The zero-order valence-corrected chi connectivity index (χ0v) is 29.2. The topological polar surface area (TPSA) is 64.1 Å². The molecule has 4 aromatic carbocycles. The molecule has 10 heteroatoms. The summed E-state index contributed by atoms with van der Waals surface area (Å²) in [6.07, 6.45) is 4.83. The lowest BCUT2D eigenvalue weighted by molar-refractivity contribution is -0.104. The van der Waals surface area contributed by atoms with E-state index in [4.69, 9.17) is 14.2 Å². The number of hydrogen-bond donors (Lipinski definition) is 0. The number of aromatic nitrogens is 1. The largest absolute Gasteiger partial charge is 0.493 e. The van der Waals surface area contributed by atoms with Gasteiger partial charge in [-0.2, -0.15) is 0 Å². The summed E-state index contributed by atoms with van der Waals surface area (Å²) in [6, 6.07) is 30.3. The molecule has 7 nitrogen and oxygen atoms in total. The smallest absolute Gasteiger partial charge is 0.219 e. The summed E-state index contributed by atoms with van der Waals surface area (Å²) in [6.45, 7) is 6.97. The Balaban J connectivity index is 0.00000504. The average molecular weight is 712 g/mol. The van der Waals surface area contributed by atoms with E-state index in [0.717, 1.165) is 67.8 Å². The van der Waals surface area contributed by atoms with E-state index in [0.29, 0.717) is 29.7 Å². The zero-order valence-electron chi connectivity index (χ0n) is 28.3. The van der Waals surface area contributed by atoms with Crippen LogP contribution in [0.25, 0.3) is 5.70 Å². The average Bonchev–Trinajstić information content (AvgIpc) is 3.13. The van der Waals surface area contributed by atoms with E-state index >= 15 is 0 Å². The number of halogens is 3. The number of aldehydes is 1. The lowest BCUT2D eigenvalue weighted by Gasteiger charge is -2.37. The zero-order chi connectivity index (χ0) is 34.7. The highest BCUT2D eigenvalue weighted by Crippen LogP contribution is 2.29. The Bertz CT molecular complexity index is 1900. The van der Waals surface area contributed by atoms with Gasteiger partial charge in [0.15, 0.2) is 0 Å². The second-order valence-electron chi connectivity index (χ2n) is 12.1. The van der Waals surface area contributed by atoms with E-state index in [2.05, 4.69) is 39.0 Å². The Morgan fingerprint density at radius 1 is 0.765 bits per heavy atom. The molecule has 0 spiro atoms. The van der Waals surface area contributed by atoms with Gasteiger partial charge in [-0.15, -0.1) is 12.4 Å². The van der Waals surface area contributed by atoms with Gasteiger partial charge in [0.1, 0.15) is 41.8 Å². The van der Waals surface area contributed by atoms with Crippen LogP contribution in [0.2, 0.25) is 0 Å². The van der Waals surface area contributed by atoms with E-state index < -0.39 is 0 Å². The molecule has 1 saturated heterocycles. The van der Waals surface area contributed by atoms with Crippen LogP contribution in [0, 0.1) is 18.6 Å². The summed E-state index contributed by atoms with van der Waals surface area (Å²) in [5.41, 5.74) is 6.03. The number of carbonyl (C=O) groups is 1. The van der Waals surface area contributed by atoms with Crippen molar-refractivity contribution in [2.75, 3.05) is 32.8 Å². The predicted octanol–water partition coefficient (Wildman–Crippen LogP) is 8.44. The Kier molecular flexibility index (Phi) is 13.2. The van der Waals surface area contributed by atoms with Crippen LogP contribution < -0.4 is 14.2 Å². The van der Waals surface area contributed by atoms with Gasteiger partial charge in [-0.25, -0.2) is 13.8 Å². The molecule has 1 fully saturated rings. The van der Waals surface area contributed by atoms with Crippen LogP contribution in [0.15, 0.2) is 115 Å². The number of pyridine rings is 1. The standard InChI is InChI=1S/C41H39F2N3O4.ClH/c1-30-25-37(50-41-16-14-38(27-44-41)49-29-33-3-2-4-35(43)26-33)13-15-39(30)40(17-23-47)46-21-19-45(20-22-46)28-32-7-5-31(6-8-32)18-24-48-36-11-9-34(42)10-12-36;/h2-17,23,25-27H,18-22,24,28-29H2,1H3;1H/b40-17+;. The summed E-state index contributed by atoms with van der Waals surface area (Å²) in [4.78, 5) is 20.8. The van der Waals surface area contributed by atoms with Gasteiger partial charge in [-0.3, -0.25) is 9.69 Å². The Hall–Kier alpha value is -5.25. The molecule has 0 N–H and O–H groups in total. The number of carbonyl (C=O) groups excluding carboxylic acids is 1. The van der Waals surface area contributed by atoms with Gasteiger partial charge in [0.2, 0.25) is 5.88 Å². The van der Waals surface area contributed by atoms with Crippen LogP contribution in [-0.2, 0) is 24.4 Å². The van der Waals surface area contributed by atoms with Crippen molar-refractivity contribution in [1.29, 1.82) is 0 Å². The Morgan fingerprint density at radius 3 is 2.18 bits per heavy atom. The van der Waals surface area contributed by atoms with Gasteiger partial charge in [0, 0.05) is 62.5 Å². The number of nitrogens with zero attached hydrogens (tertiary/aromatic N) is 3. The molecule has 0 bridgehead atoms. The third-order valence-electron chi connectivity index (χ3n) is 8.54. The van der Waals surface area contributed by atoms with E-state index in [-0.39, 0.29) is 30.6 Å². The number of aryl methyl sites for hydroxylation is 1. The first kappa shape index (κ1) is 37.0. The fourth-order valence-corrected chi connectivity index (χ4v) is 5.88. The molecule has 1 aromatic heterocycles. The summed E-state index contributed by atoms with van der Waals surface area (Å²) in [7, 11) is 0. The maximum atomic E-state index is 13.4. The summed E-state index contributed by atoms with van der Waals surface area (Å²) < 4.78 is 44.0. The van der Waals surface area contributed by atoms with Gasteiger partial charge < -0.3 is 19.1 Å². The van der Waals surface area contributed by atoms with Crippen molar-refractivity contribution in [2.24, 2.45) is 0 Å². The summed E-state index contributed by atoms with van der Waals surface area (Å²) in [5.74, 6) is 1.69. The molecule has 1 aliphatic rings. The van der Waals surface area contributed by atoms with E-state index in [9.17, 15) is 13.6 Å². The van der Waals surface area contributed by atoms with E-state index in [1.165, 1.54) is 35.4 Å². The first-order valence-corrected chi connectivity index (χ1v) is 16.6. The minimum atomic E-state index is -0.301. The molecule has 0 amide bonds. The molecule has 0 atom stereocenters. The van der Waals surface area contributed by atoms with Crippen molar-refractivity contribution >= 4 is 24.4 Å². The van der Waals surface area contributed by atoms with E-state index in [1.807, 2.05) is 25.1 Å². The predicted molar refractivity (Wildman–Crippen MR) is 196 cm³/mol. The molecule has 5 aromatic rings. The van der Waals surface area contributed by atoms with Crippen LogP contribution >= 0.6 is 12.4 Å². The van der Waals surface area contributed by atoms with Crippen molar-refractivity contribution in [3.8, 4) is 23.1 Å². The summed E-state index contributed by atoms with van der Waals surface area (Å²) in [5, 5.41) is 0. The molecule has 2 heterocycles. The highest BCUT2D eigenvalue weighted by molar-refractivity contribution is 5.85. The van der Waals surface area contributed by atoms with Crippen LogP contribution in [-0.4, -0.2) is 53.9 Å². The number of benzene rings is 4. The number of ether oxygens (including phenoxy) is 3. The monoisotopic (exact) mass is 711 g/mol. The number of hydrogen-bond acceptors (Lipinski definition) is 7. The molecule has 51 heavy (non-hydrogen) atoms. The van der Waals surface area contributed by atoms with Gasteiger partial charge in [0.25, 0.3) is 0 Å². The van der Waals surface area contributed by atoms with Gasteiger partial charge in [-0.05, 0) is 89.8 Å². The lowest BCUT2D eigenvalue weighted by Crippen LogP contribution is -2.45. The van der Waals surface area contributed by atoms with Gasteiger partial charge in [-0.1, -0.05) is 36.4 Å². The molecular weight excluding hydrogens is 672 g/mol. The molecule has 264 valence electrons. The molecule has 6 rings (SSSR count). The molecule has 0 radical (unpaired) electrons. The van der Waals surface area contributed by atoms with Gasteiger partial charge in [0.05, 0.1) is 12.8 Å². The molecule has 0 saturated carbocycles. The van der Waals surface area contributed by atoms with Crippen LogP contribution in [0.3, 0.4) is 0 Å². The second kappa shape index (κ2) is 18.1. The van der Waals surface area contributed by atoms with Crippen LogP contribution in [0.4, 0.5) is 8.78 Å². The first-order valence-electron chi connectivity index (χ1n) is 16.6. The molecular formula is C41H40ClF2N3O4. The minimum absolute atomic E-state index is 0. The number of allylic oxidation sites excluding steroid dienone is 1. The quantitative estimate of drug-likeness (QED) is 0.0847.